The molecular formula is C12H17N3O3. The van der Waals surface area contributed by atoms with Crippen molar-refractivity contribution < 1.29 is 9.53 Å². The van der Waals surface area contributed by atoms with Gasteiger partial charge in [0.2, 0.25) is 5.56 Å². The van der Waals surface area contributed by atoms with Gasteiger partial charge >= 0.3 is 0 Å². The van der Waals surface area contributed by atoms with Gasteiger partial charge in [0.15, 0.2) is 0 Å². The number of carbonyl (C=O) groups is 1. The summed E-state index contributed by atoms with van der Waals surface area (Å²) < 4.78 is 5.59. The van der Waals surface area contributed by atoms with Crippen LogP contribution in [0.5, 0.6) is 0 Å². The molecule has 0 saturated carbocycles. The van der Waals surface area contributed by atoms with Gasteiger partial charge in [-0.25, -0.2) is 0 Å². The highest BCUT2D eigenvalue weighted by Crippen LogP contribution is 2.13. The van der Waals surface area contributed by atoms with Gasteiger partial charge in [-0.3, -0.25) is 9.59 Å². The molecule has 1 amide bonds. The van der Waals surface area contributed by atoms with E-state index in [-0.39, 0.29) is 23.7 Å². The van der Waals surface area contributed by atoms with Gasteiger partial charge in [-0.15, -0.1) is 0 Å². The van der Waals surface area contributed by atoms with Gasteiger partial charge in [0.1, 0.15) is 0 Å². The van der Waals surface area contributed by atoms with Crippen molar-refractivity contribution >= 4 is 5.91 Å². The molecular weight excluding hydrogens is 234 g/mol. The highest BCUT2D eigenvalue weighted by molar-refractivity contribution is 5.93. The van der Waals surface area contributed by atoms with Crippen LogP contribution < -0.4 is 11.3 Å². The number of nitrogens with two attached hydrogens (primary N) is 1. The van der Waals surface area contributed by atoms with E-state index >= 15 is 0 Å². The maximum atomic E-state index is 12.2. The number of rotatable bonds is 2. The molecule has 0 aliphatic carbocycles. The highest BCUT2D eigenvalue weighted by Gasteiger charge is 2.28. The number of H-pyrrole nitrogens is 1. The summed E-state index contributed by atoms with van der Waals surface area (Å²) in [5.41, 5.74) is 5.83. The van der Waals surface area contributed by atoms with E-state index in [1.807, 2.05) is 6.92 Å². The molecule has 1 aromatic heterocycles. The monoisotopic (exact) mass is 251 g/mol. The largest absolute Gasteiger partial charge is 0.370 e. The number of ether oxygens (including phenoxy) is 1. The van der Waals surface area contributed by atoms with E-state index in [1.54, 1.807) is 4.90 Å². The van der Waals surface area contributed by atoms with Crippen LogP contribution >= 0.6 is 0 Å². The van der Waals surface area contributed by atoms with Gasteiger partial charge in [-0.1, -0.05) is 0 Å². The van der Waals surface area contributed by atoms with E-state index in [1.165, 1.54) is 18.3 Å². The molecule has 6 nitrogen and oxygen atoms in total. The maximum Gasteiger partial charge on any atom is 0.255 e. The number of carbonyl (C=O) groups excluding carboxylic acids is 1. The van der Waals surface area contributed by atoms with E-state index in [0.29, 0.717) is 25.2 Å². The predicted molar refractivity (Wildman–Crippen MR) is 66.4 cm³/mol. The van der Waals surface area contributed by atoms with Crippen molar-refractivity contribution in [1.82, 2.24) is 9.88 Å². The van der Waals surface area contributed by atoms with Crippen molar-refractivity contribution in [2.75, 3.05) is 19.6 Å². The second-order valence-corrected chi connectivity index (χ2v) is 4.46. The summed E-state index contributed by atoms with van der Waals surface area (Å²) in [6.45, 7) is 3.32. The van der Waals surface area contributed by atoms with Gasteiger partial charge in [-0.05, 0) is 13.0 Å². The summed E-state index contributed by atoms with van der Waals surface area (Å²) in [6, 6.07) is 2.87. The lowest BCUT2D eigenvalue weighted by molar-refractivity contribution is -0.0625. The molecule has 0 radical (unpaired) electrons. The standard InChI is InChI=1S/C12H17N3O3/c1-8-6-15(7-10(4-13)18-8)12(17)9-2-3-11(16)14-5-9/h2-3,5,8,10H,4,6-7,13H2,1H3,(H,14,16). The summed E-state index contributed by atoms with van der Waals surface area (Å²) in [5.74, 6) is -0.111. The second kappa shape index (κ2) is 5.32. The average molecular weight is 251 g/mol. The molecule has 18 heavy (non-hydrogen) atoms. The molecule has 1 fully saturated rings. The van der Waals surface area contributed by atoms with Gasteiger partial charge < -0.3 is 20.4 Å². The van der Waals surface area contributed by atoms with E-state index in [9.17, 15) is 9.59 Å². The van der Waals surface area contributed by atoms with Crippen LogP contribution in [0.15, 0.2) is 23.1 Å². The fourth-order valence-electron chi connectivity index (χ4n) is 2.07. The van der Waals surface area contributed by atoms with Gasteiger partial charge in [-0.2, -0.15) is 0 Å². The van der Waals surface area contributed by atoms with Crippen molar-refractivity contribution in [2.24, 2.45) is 5.73 Å². The zero-order valence-corrected chi connectivity index (χ0v) is 10.3. The Morgan fingerprint density at radius 2 is 2.33 bits per heavy atom. The number of nitrogens with zero attached hydrogens (tertiary/aromatic N) is 1. The molecule has 2 unspecified atom stereocenters. The van der Waals surface area contributed by atoms with Crippen molar-refractivity contribution in [3.63, 3.8) is 0 Å². The molecule has 0 spiro atoms. The third-order valence-electron chi connectivity index (χ3n) is 2.91. The molecule has 1 aliphatic rings. The first-order valence-corrected chi connectivity index (χ1v) is 5.93. The van der Waals surface area contributed by atoms with E-state index in [2.05, 4.69) is 4.98 Å². The van der Waals surface area contributed by atoms with Crippen molar-refractivity contribution in [2.45, 2.75) is 19.1 Å². The smallest absolute Gasteiger partial charge is 0.255 e. The Balaban J connectivity index is 2.12. The summed E-state index contributed by atoms with van der Waals surface area (Å²) in [7, 11) is 0. The van der Waals surface area contributed by atoms with Crippen LogP contribution in [0.3, 0.4) is 0 Å². The van der Waals surface area contributed by atoms with Gasteiger partial charge in [0, 0.05) is 31.9 Å². The molecule has 1 aliphatic heterocycles. The van der Waals surface area contributed by atoms with Gasteiger partial charge in [0.05, 0.1) is 17.8 Å². The Kier molecular flexibility index (Phi) is 3.78. The number of hydrogen-bond donors (Lipinski definition) is 2. The molecule has 3 N–H and O–H groups in total. The Morgan fingerprint density at radius 3 is 2.94 bits per heavy atom. The van der Waals surface area contributed by atoms with Gasteiger partial charge in [0.25, 0.3) is 5.91 Å². The van der Waals surface area contributed by atoms with Crippen LogP contribution in [-0.2, 0) is 4.74 Å². The fraction of sp³-hybridized carbons (Fsp3) is 0.500. The lowest BCUT2D eigenvalue weighted by Gasteiger charge is -2.36. The molecule has 2 atom stereocenters. The Hall–Kier alpha value is -1.66. The zero-order chi connectivity index (χ0) is 13.1. The lowest BCUT2D eigenvalue weighted by atomic mass is 10.1. The third kappa shape index (κ3) is 2.77. The molecule has 1 saturated heterocycles. The molecule has 98 valence electrons. The number of nitrogens with one attached hydrogen (secondary N) is 1. The van der Waals surface area contributed by atoms with E-state index in [0.717, 1.165) is 0 Å². The quantitative estimate of drug-likeness (QED) is 0.746. The minimum atomic E-state index is -0.221. The Labute approximate surface area is 105 Å². The molecule has 6 heteroatoms. The summed E-state index contributed by atoms with van der Waals surface area (Å²) in [4.78, 5) is 27.4. The number of amides is 1. The third-order valence-corrected chi connectivity index (χ3v) is 2.91. The molecule has 0 bridgehead atoms. The first-order chi connectivity index (χ1) is 8.60. The SMILES string of the molecule is CC1CN(C(=O)c2ccc(=O)[nH]c2)CC(CN)O1. The number of hydrogen-bond acceptors (Lipinski definition) is 4. The van der Waals surface area contributed by atoms with Crippen molar-refractivity contribution in [3.05, 3.63) is 34.2 Å². The maximum absolute atomic E-state index is 12.2. The van der Waals surface area contributed by atoms with E-state index in [4.69, 9.17) is 10.5 Å². The van der Waals surface area contributed by atoms with Crippen LogP contribution in [0.2, 0.25) is 0 Å². The summed E-state index contributed by atoms with van der Waals surface area (Å²) in [5, 5.41) is 0. The Morgan fingerprint density at radius 1 is 1.56 bits per heavy atom. The number of pyridine rings is 1. The molecule has 1 aromatic rings. The zero-order valence-electron chi connectivity index (χ0n) is 10.3. The first kappa shape index (κ1) is 12.8. The molecule has 2 rings (SSSR count). The fourth-order valence-corrected chi connectivity index (χ4v) is 2.07. The second-order valence-electron chi connectivity index (χ2n) is 4.46. The predicted octanol–water partition coefficient (Wildman–Crippen LogP) is -0.437. The van der Waals surface area contributed by atoms with Crippen molar-refractivity contribution in [1.29, 1.82) is 0 Å². The number of morpholine rings is 1. The minimum absolute atomic E-state index is 0.0287. The minimum Gasteiger partial charge on any atom is -0.370 e. The normalized spacial score (nSPS) is 24.0. The lowest BCUT2D eigenvalue weighted by Crippen LogP contribution is -2.51. The molecule has 0 aromatic carbocycles. The van der Waals surface area contributed by atoms with Crippen LogP contribution in [0.1, 0.15) is 17.3 Å². The average Bonchev–Trinajstić information content (AvgIpc) is 2.38. The highest BCUT2D eigenvalue weighted by atomic mass is 16.5. The van der Waals surface area contributed by atoms with Crippen LogP contribution in [0.25, 0.3) is 0 Å². The number of aromatic nitrogens is 1. The van der Waals surface area contributed by atoms with E-state index < -0.39 is 0 Å². The van der Waals surface area contributed by atoms with Crippen LogP contribution in [0.4, 0.5) is 0 Å². The molecule has 2 heterocycles. The number of aromatic amines is 1. The summed E-state index contributed by atoms with van der Waals surface area (Å²) in [6.07, 6.45) is 1.28. The van der Waals surface area contributed by atoms with Crippen molar-refractivity contribution in [3.8, 4) is 0 Å². The van der Waals surface area contributed by atoms with Crippen LogP contribution in [0, 0.1) is 0 Å². The topological polar surface area (TPSA) is 88.4 Å². The Bertz CT molecular complexity index is 465. The first-order valence-electron chi connectivity index (χ1n) is 5.93. The summed E-state index contributed by atoms with van der Waals surface area (Å²) >= 11 is 0. The van der Waals surface area contributed by atoms with Crippen LogP contribution in [-0.4, -0.2) is 47.6 Å².